The van der Waals surface area contributed by atoms with E-state index in [1.165, 1.54) is 11.8 Å². The summed E-state index contributed by atoms with van der Waals surface area (Å²) in [5.41, 5.74) is 1.62. The summed E-state index contributed by atoms with van der Waals surface area (Å²) >= 11 is 8.31. The van der Waals surface area contributed by atoms with Crippen LogP contribution >= 0.6 is 34.7 Å². The summed E-state index contributed by atoms with van der Waals surface area (Å²) in [6.45, 7) is 1.87. The highest BCUT2D eigenvalue weighted by atomic mass is 35.5. The Labute approximate surface area is 135 Å². The predicted molar refractivity (Wildman–Crippen MR) is 86.8 cm³/mol. The number of amides is 1. The number of carbonyl (C=O) groups is 2. The summed E-state index contributed by atoms with van der Waals surface area (Å²) in [6, 6.07) is 6.82. The summed E-state index contributed by atoms with van der Waals surface area (Å²) in [5.74, 6) is -0.876. The third-order valence-electron chi connectivity index (χ3n) is 2.62. The molecule has 0 atom stereocenters. The van der Waals surface area contributed by atoms with Crippen LogP contribution < -0.4 is 5.32 Å². The summed E-state index contributed by atoms with van der Waals surface area (Å²) in [5, 5.41) is 14.0. The number of hydrogen-bond donors (Lipinski definition) is 2. The first kappa shape index (κ1) is 15.9. The van der Waals surface area contributed by atoms with E-state index >= 15 is 0 Å². The summed E-state index contributed by atoms with van der Waals surface area (Å²) < 4.78 is 0. The molecule has 0 fully saturated rings. The predicted octanol–water partition coefficient (Wildman–Crippen LogP) is 4.14. The molecule has 7 heteroatoms. The van der Waals surface area contributed by atoms with E-state index in [4.69, 9.17) is 16.7 Å². The highest BCUT2D eigenvalue weighted by molar-refractivity contribution is 8.00. The number of thioether (sulfide) groups is 1. The van der Waals surface area contributed by atoms with E-state index in [0.717, 1.165) is 27.5 Å². The molecule has 1 aromatic carbocycles. The molecule has 0 aliphatic heterocycles. The van der Waals surface area contributed by atoms with Crippen molar-refractivity contribution in [2.24, 2.45) is 0 Å². The van der Waals surface area contributed by atoms with Crippen LogP contribution in [0.3, 0.4) is 0 Å². The minimum atomic E-state index is -0.951. The molecule has 21 heavy (non-hydrogen) atoms. The number of nitrogens with one attached hydrogen (secondary N) is 1. The van der Waals surface area contributed by atoms with Gasteiger partial charge in [0.05, 0.1) is 5.75 Å². The second-order valence-electron chi connectivity index (χ2n) is 4.25. The molecule has 1 aromatic heterocycles. The van der Waals surface area contributed by atoms with E-state index in [9.17, 15) is 9.59 Å². The Morgan fingerprint density at radius 3 is 2.76 bits per heavy atom. The van der Waals surface area contributed by atoms with Crippen molar-refractivity contribution in [3.8, 4) is 0 Å². The lowest BCUT2D eigenvalue weighted by molar-refractivity contribution is -0.113. The maximum atomic E-state index is 11.9. The van der Waals surface area contributed by atoms with Gasteiger partial charge < -0.3 is 10.4 Å². The van der Waals surface area contributed by atoms with Gasteiger partial charge in [-0.2, -0.15) is 0 Å². The van der Waals surface area contributed by atoms with E-state index in [1.54, 1.807) is 29.6 Å². The largest absolute Gasteiger partial charge is 0.477 e. The number of aryl methyl sites for hydroxylation is 1. The van der Waals surface area contributed by atoms with Gasteiger partial charge in [-0.3, -0.25) is 4.79 Å². The molecule has 0 saturated heterocycles. The molecule has 4 nitrogen and oxygen atoms in total. The molecule has 0 saturated carbocycles. The molecule has 0 spiro atoms. The number of benzene rings is 1. The number of thiophene rings is 1. The van der Waals surface area contributed by atoms with Gasteiger partial charge in [0.15, 0.2) is 0 Å². The number of carbonyl (C=O) groups excluding carboxylic acids is 1. The average Bonchev–Trinajstić information content (AvgIpc) is 2.89. The third kappa shape index (κ3) is 4.49. The minimum absolute atomic E-state index is 0.145. The first-order valence-corrected chi connectivity index (χ1v) is 8.20. The average molecular weight is 342 g/mol. The first-order valence-electron chi connectivity index (χ1n) is 5.96. The Morgan fingerprint density at radius 1 is 1.38 bits per heavy atom. The molecule has 0 unspecified atom stereocenters. The molecule has 0 radical (unpaired) electrons. The molecule has 0 bridgehead atoms. The zero-order valence-corrected chi connectivity index (χ0v) is 13.4. The summed E-state index contributed by atoms with van der Waals surface area (Å²) in [4.78, 5) is 23.7. The molecular weight excluding hydrogens is 330 g/mol. The van der Waals surface area contributed by atoms with Crippen molar-refractivity contribution in [1.82, 2.24) is 0 Å². The van der Waals surface area contributed by atoms with Crippen LogP contribution in [0.15, 0.2) is 34.5 Å². The van der Waals surface area contributed by atoms with Crippen molar-refractivity contribution in [1.29, 1.82) is 0 Å². The number of carboxylic acids is 1. The Hall–Kier alpha value is -1.50. The van der Waals surface area contributed by atoms with E-state index < -0.39 is 5.97 Å². The first-order chi connectivity index (χ1) is 9.95. The van der Waals surface area contributed by atoms with Crippen molar-refractivity contribution in [2.45, 2.75) is 11.8 Å². The molecule has 0 aliphatic carbocycles. The van der Waals surface area contributed by atoms with E-state index in [-0.39, 0.29) is 16.5 Å². The highest BCUT2D eigenvalue weighted by Gasteiger charge is 2.10. The van der Waals surface area contributed by atoms with Gasteiger partial charge >= 0.3 is 5.97 Å². The highest BCUT2D eigenvalue weighted by Crippen LogP contribution is 2.25. The van der Waals surface area contributed by atoms with Gasteiger partial charge in [0.2, 0.25) is 5.91 Å². The fourth-order valence-corrected chi connectivity index (χ4v) is 3.51. The lowest BCUT2D eigenvalue weighted by Crippen LogP contribution is -2.14. The summed E-state index contributed by atoms with van der Waals surface area (Å²) in [6.07, 6.45) is 0. The maximum absolute atomic E-state index is 11.9. The Kier molecular flexibility index (Phi) is 5.27. The van der Waals surface area contributed by atoms with Crippen LogP contribution in [0.1, 0.15) is 15.2 Å². The van der Waals surface area contributed by atoms with Crippen LogP contribution in [-0.4, -0.2) is 22.7 Å². The van der Waals surface area contributed by atoms with Crippen LogP contribution in [-0.2, 0) is 4.79 Å². The number of halogens is 1. The van der Waals surface area contributed by atoms with Crippen molar-refractivity contribution in [3.63, 3.8) is 0 Å². The lowest BCUT2D eigenvalue weighted by Gasteiger charge is -2.08. The molecule has 1 amide bonds. The van der Waals surface area contributed by atoms with Crippen LogP contribution in [0.2, 0.25) is 5.02 Å². The zero-order chi connectivity index (χ0) is 15.4. The molecular formula is C14H12ClNO3S2. The van der Waals surface area contributed by atoms with Gasteiger partial charge in [0.1, 0.15) is 4.88 Å². The molecule has 2 aromatic rings. The quantitative estimate of drug-likeness (QED) is 0.802. The van der Waals surface area contributed by atoms with Crippen LogP contribution in [0.5, 0.6) is 0 Å². The smallest absolute Gasteiger partial charge is 0.345 e. The fraction of sp³-hybridized carbons (Fsp3) is 0.143. The second-order valence-corrected chi connectivity index (χ2v) is 6.64. The number of aromatic carboxylic acids is 1. The van der Waals surface area contributed by atoms with Gasteiger partial charge in [-0.1, -0.05) is 11.6 Å². The van der Waals surface area contributed by atoms with Crippen molar-refractivity contribution in [3.05, 3.63) is 45.1 Å². The molecule has 2 rings (SSSR count). The minimum Gasteiger partial charge on any atom is -0.477 e. The van der Waals surface area contributed by atoms with Gasteiger partial charge in [-0.15, -0.1) is 23.1 Å². The van der Waals surface area contributed by atoms with Crippen molar-refractivity contribution >= 4 is 52.3 Å². The van der Waals surface area contributed by atoms with Crippen molar-refractivity contribution in [2.75, 3.05) is 11.1 Å². The Bertz CT molecular complexity index is 685. The summed E-state index contributed by atoms with van der Waals surface area (Å²) in [7, 11) is 0. The topological polar surface area (TPSA) is 66.4 Å². The Balaban J connectivity index is 1.91. The standard InChI is InChI=1S/C14H12ClNO3S2/c1-8-4-9(15)2-3-11(8)16-13(17)7-20-10-5-12(14(18)19)21-6-10/h2-6H,7H2,1H3,(H,16,17)(H,18,19). The van der Waals surface area contributed by atoms with E-state index in [0.29, 0.717) is 5.02 Å². The SMILES string of the molecule is Cc1cc(Cl)ccc1NC(=O)CSc1csc(C(=O)O)c1. The second kappa shape index (κ2) is 6.98. The molecule has 0 aliphatic rings. The normalized spacial score (nSPS) is 10.4. The molecule has 2 N–H and O–H groups in total. The number of hydrogen-bond acceptors (Lipinski definition) is 4. The number of rotatable bonds is 5. The van der Waals surface area contributed by atoms with Crippen LogP contribution in [0.4, 0.5) is 5.69 Å². The molecule has 1 heterocycles. The van der Waals surface area contributed by atoms with Gasteiger partial charge in [0.25, 0.3) is 0 Å². The zero-order valence-electron chi connectivity index (χ0n) is 11.1. The number of anilines is 1. The van der Waals surface area contributed by atoms with Gasteiger partial charge in [0, 0.05) is 21.0 Å². The fourth-order valence-electron chi connectivity index (χ4n) is 1.61. The maximum Gasteiger partial charge on any atom is 0.345 e. The van der Waals surface area contributed by atoms with Crippen molar-refractivity contribution < 1.29 is 14.7 Å². The monoisotopic (exact) mass is 341 g/mol. The molecule has 110 valence electrons. The van der Waals surface area contributed by atoms with Crippen LogP contribution in [0.25, 0.3) is 0 Å². The van der Waals surface area contributed by atoms with Gasteiger partial charge in [-0.05, 0) is 36.8 Å². The van der Waals surface area contributed by atoms with Gasteiger partial charge in [-0.25, -0.2) is 4.79 Å². The third-order valence-corrected chi connectivity index (χ3v) is 4.90. The Morgan fingerprint density at radius 2 is 2.14 bits per heavy atom. The van der Waals surface area contributed by atoms with E-state index in [1.807, 2.05) is 6.92 Å². The number of carboxylic acid groups (broad SMARTS) is 1. The lowest BCUT2D eigenvalue weighted by atomic mass is 10.2. The van der Waals surface area contributed by atoms with Crippen LogP contribution in [0, 0.1) is 6.92 Å². The van der Waals surface area contributed by atoms with E-state index in [2.05, 4.69) is 5.32 Å².